The number of rotatable bonds is 3. The number of urea groups is 1. The second-order valence-electron chi connectivity index (χ2n) is 6.05. The number of guanidine groups is 1. The summed E-state index contributed by atoms with van der Waals surface area (Å²) >= 11 is 0. The first kappa shape index (κ1) is 17.3. The topological polar surface area (TPSA) is 153 Å². The number of amides is 4. The summed E-state index contributed by atoms with van der Waals surface area (Å²) < 4.78 is 5.43. The Hall–Kier alpha value is -2.50. The number of carbonyl (C=O) groups is 3. The van der Waals surface area contributed by atoms with Gasteiger partial charge >= 0.3 is 11.9 Å². The van der Waals surface area contributed by atoms with Gasteiger partial charge in [0.15, 0.2) is 11.5 Å². The van der Waals surface area contributed by atoms with E-state index in [0.29, 0.717) is 0 Å². The number of amidine groups is 1. The SMILES string of the molecule is CC(C)C(=O)NC1=NC(=O)C2=NC(=O)N([C@H]3C[C@H](O)[C@@H](CO)O3)C2=N1. The van der Waals surface area contributed by atoms with Crippen LogP contribution in [0.4, 0.5) is 4.79 Å². The van der Waals surface area contributed by atoms with Crippen molar-refractivity contribution in [1.82, 2.24) is 10.2 Å². The van der Waals surface area contributed by atoms with E-state index in [2.05, 4.69) is 20.3 Å². The largest absolute Gasteiger partial charge is 0.394 e. The maximum atomic E-state index is 12.2. The summed E-state index contributed by atoms with van der Waals surface area (Å²) in [4.78, 5) is 48.3. The third kappa shape index (κ3) is 3.08. The molecule has 3 heterocycles. The number of ether oxygens (including phenoxy) is 1. The molecule has 0 unspecified atom stereocenters. The molecule has 3 N–H and O–H groups in total. The smallest absolute Gasteiger partial charge is 0.352 e. The molecule has 0 bridgehead atoms. The van der Waals surface area contributed by atoms with Crippen molar-refractivity contribution in [2.75, 3.05) is 6.61 Å². The minimum Gasteiger partial charge on any atom is -0.394 e. The number of aliphatic hydroxyl groups excluding tert-OH is 2. The van der Waals surface area contributed by atoms with Crippen molar-refractivity contribution in [2.24, 2.45) is 20.9 Å². The third-order valence-corrected chi connectivity index (χ3v) is 3.91. The molecule has 3 aliphatic rings. The summed E-state index contributed by atoms with van der Waals surface area (Å²) in [5, 5.41) is 21.4. The van der Waals surface area contributed by atoms with Crippen LogP contribution >= 0.6 is 0 Å². The Kier molecular flexibility index (Phi) is 4.45. The predicted molar refractivity (Wildman–Crippen MR) is 83.9 cm³/mol. The lowest BCUT2D eigenvalue weighted by molar-refractivity contribution is -0.122. The third-order valence-electron chi connectivity index (χ3n) is 3.91. The van der Waals surface area contributed by atoms with Crippen LogP contribution in [0.1, 0.15) is 20.3 Å². The van der Waals surface area contributed by atoms with Crippen LogP contribution in [0.2, 0.25) is 0 Å². The summed E-state index contributed by atoms with van der Waals surface area (Å²) in [5.74, 6) is -1.89. The molecule has 25 heavy (non-hydrogen) atoms. The highest BCUT2D eigenvalue weighted by atomic mass is 16.5. The van der Waals surface area contributed by atoms with Crippen molar-refractivity contribution in [2.45, 2.75) is 38.7 Å². The summed E-state index contributed by atoms with van der Waals surface area (Å²) in [5.41, 5.74) is -0.252. The van der Waals surface area contributed by atoms with E-state index in [4.69, 9.17) is 9.84 Å². The lowest BCUT2D eigenvalue weighted by Gasteiger charge is -2.24. The maximum Gasteiger partial charge on any atom is 0.352 e. The number of carbonyl (C=O) groups excluding carboxylic acids is 3. The Labute approximate surface area is 142 Å². The van der Waals surface area contributed by atoms with E-state index in [1.165, 1.54) is 0 Å². The van der Waals surface area contributed by atoms with Crippen LogP contribution in [0.25, 0.3) is 0 Å². The molecule has 0 aromatic heterocycles. The number of hydrogen-bond donors (Lipinski definition) is 3. The van der Waals surface area contributed by atoms with E-state index in [0.717, 1.165) is 4.90 Å². The zero-order valence-corrected chi connectivity index (χ0v) is 13.5. The van der Waals surface area contributed by atoms with Crippen LogP contribution in [-0.2, 0) is 14.3 Å². The standard InChI is InChI=1S/C14H17N5O6/c1-5(2)11(22)17-13-16-10-9(12(23)18-13)15-14(24)19(10)8-3-6(21)7(4-20)25-8/h5-8,20-21H,3-4H2,1-2H3,(H,17,18,22,23)/t6-,7+,8+/m0/s1. The molecular weight excluding hydrogens is 334 g/mol. The molecular formula is C14H17N5O6. The Balaban J connectivity index is 1.86. The van der Waals surface area contributed by atoms with Crippen LogP contribution in [-0.4, -0.2) is 75.5 Å². The quantitative estimate of drug-likeness (QED) is 0.556. The summed E-state index contributed by atoms with van der Waals surface area (Å²) in [6.45, 7) is 2.90. The van der Waals surface area contributed by atoms with Gasteiger partial charge in [0, 0.05) is 12.3 Å². The van der Waals surface area contributed by atoms with Gasteiger partial charge in [0.25, 0.3) is 0 Å². The van der Waals surface area contributed by atoms with E-state index in [1.54, 1.807) is 13.8 Å². The van der Waals surface area contributed by atoms with Gasteiger partial charge in [-0.25, -0.2) is 9.69 Å². The van der Waals surface area contributed by atoms with Gasteiger partial charge in [-0.3, -0.25) is 14.9 Å². The van der Waals surface area contributed by atoms with Crippen LogP contribution in [0.3, 0.4) is 0 Å². The van der Waals surface area contributed by atoms with Crippen molar-refractivity contribution in [3.05, 3.63) is 0 Å². The fraction of sp³-hybridized carbons (Fsp3) is 0.571. The van der Waals surface area contributed by atoms with Crippen LogP contribution < -0.4 is 5.32 Å². The van der Waals surface area contributed by atoms with Crippen LogP contribution in [0.5, 0.6) is 0 Å². The van der Waals surface area contributed by atoms with E-state index in [-0.39, 0.29) is 35.8 Å². The average molecular weight is 351 g/mol. The van der Waals surface area contributed by atoms with Gasteiger partial charge in [-0.15, -0.1) is 0 Å². The minimum absolute atomic E-state index is 0.0256. The molecule has 4 amide bonds. The van der Waals surface area contributed by atoms with E-state index in [1.807, 2.05) is 0 Å². The second-order valence-corrected chi connectivity index (χ2v) is 6.05. The van der Waals surface area contributed by atoms with Gasteiger partial charge in [0.05, 0.1) is 12.7 Å². The van der Waals surface area contributed by atoms with Crippen molar-refractivity contribution in [1.29, 1.82) is 0 Å². The normalized spacial score (nSPS) is 28.8. The molecule has 134 valence electrons. The highest BCUT2D eigenvalue weighted by Crippen LogP contribution is 2.27. The molecule has 0 radical (unpaired) electrons. The van der Waals surface area contributed by atoms with Gasteiger partial charge in [-0.05, 0) is 0 Å². The molecule has 0 aromatic carbocycles. The molecule has 3 atom stereocenters. The minimum atomic E-state index is -0.972. The second kappa shape index (κ2) is 6.43. The maximum absolute atomic E-state index is 12.2. The van der Waals surface area contributed by atoms with Crippen LogP contribution in [0.15, 0.2) is 15.0 Å². The van der Waals surface area contributed by atoms with E-state index >= 15 is 0 Å². The molecule has 0 saturated carbocycles. The predicted octanol–water partition coefficient (Wildman–Crippen LogP) is -1.60. The number of nitrogens with zero attached hydrogens (tertiary/aromatic N) is 4. The molecule has 0 aromatic rings. The van der Waals surface area contributed by atoms with Crippen molar-refractivity contribution >= 4 is 35.4 Å². The van der Waals surface area contributed by atoms with Crippen molar-refractivity contribution in [3.8, 4) is 0 Å². The lowest BCUT2D eigenvalue weighted by Crippen LogP contribution is -2.46. The summed E-state index contributed by atoms with van der Waals surface area (Å²) in [6, 6.07) is -0.787. The average Bonchev–Trinajstić information content (AvgIpc) is 3.06. The van der Waals surface area contributed by atoms with Gasteiger partial charge in [0.1, 0.15) is 12.3 Å². The number of aliphatic hydroxyl groups is 2. The Morgan fingerprint density at radius 1 is 1.36 bits per heavy atom. The van der Waals surface area contributed by atoms with Crippen molar-refractivity contribution in [3.63, 3.8) is 0 Å². The molecule has 0 spiro atoms. The summed E-state index contributed by atoms with van der Waals surface area (Å²) in [6.07, 6.45) is -2.73. The molecule has 3 rings (SSSR count). The van der Waals surface area contributed by atoms with E-state index in [9.17, 15) is 19.5 Å². The molecule has 11 heteroatoms. The van der Waals surface area contributed by atoms with Gasteiger partial charge in [0.2, 0.25) is 11.9 Å². The zero-order valence-electron chi connectivity index (χ0n) is 13.5. The first-order chi connectivity index (χ1) is 11.8. The first-order valence-corrected chi connectivity index (χ1v) is 7.71. The Morgan fingerprint density at radius 3 is 2.68 bits per heavy atom. The van der Waals surface area contributed by atoms with E-state index < -0.39 is 37.0 Å². The monoisotopic (exact) mass is 351 g/mol. The van der Waals surface area contributed by atoms with Gasteiger partial charge in [-0.1, -0.05) is 13.8 Å². The Bertz CT molecular complexity index is 727. The molecule has 1 fully saturated rings. The van der Waals surface area contributed by atoms with Gasteiger partial charge in [-0.2, -0.15) is 15.0 Å². The number of fused-ring (bicyclic) bond motifs is 1. The Morgan fingerprint density at radius 2 is 2.08 bits per heavy atom. The highest BCUT2D eigenvalue weighted by Gasteiger charge is 2.47. The molecule has 1 saturated heterocycles. The highest BCUT2D eigenvalue weighted by molar-refractivity contribution is 6.72. The number of nitrogens with one attached hydrogen (secondary N) is 1. The van der Waals surface area contributed by atoms with Gasteiger partial charge < -0.3 is 14.9 Å². The zero-order chi connectivity index (χ0) is 18.3. The number of aliphatic imine (C=N–C) groups is 3. The molecule has 11 nitrogen and oxygen atoms in total. The number of hydrogen-bond acceptors (Lipinski definition) is 7. The van der Waals surface area contributed by atoms with Crippen LogP contribution in [0, 0.1) is 5.92 Å². The summed E-state index contributed by atoms with van der Waals surface area (Å²) in [7, 11) is 0. The van der Waals surface area contributed by atoms with Crippen molar-refractivity contribution < 1.29 is 29.3 Å². The lowest BCUT2D eigenvalue weighted by atomic mass is 10.2. The molecule has 3 aliphatic heterocycles. The fourth-order valence-electron chi connectivity index (χ4n) is 2.54. The molecule has 0 aliphatic carbocycles. The first-order valence-electron chi connectivity index (χ1n) is 7.71. The fourth-order valence-corrected chi connectivity index (χ4v) is 2.54.